The highest BCUT2D eigenvalue weighted by Gasteiger charge is 2.26. The predicted octanol–water partition coefficient (Wildman–Crippen LogP) is 2.99. The van der Waals surface area contributed by atoms with Gasteiger partial charge in [0.25, 0.3) is 0 Å². The first kappa shape index (κ1) is 12.3. The molecule has 1 aliphatic rings. The highest BCUT2D eigenvalue weighted by Crippen LogP contribution is 2.30. The lowest BCUT2D eigenvalue weighted by atomic mass is 9.79. The molecule has 0 saturated carbocycles. The van der Waals surface area contributed by atoms with Gasteiger partial charge in [-0.25, -0.2) is 9.97 Å². The molecule has 0 aromatic carbocycles. The highest BCUT2D eigenvalue weighted by molar-refractivity contribution is 5.28. The summed E-state index contributed by atoms with van der Waals surface area (Å²) < 4.78 is 0. The minimum Gasteiger partial charge on any atom is -0.341 e. The van der Waals surface area contributed by atoms with E-state index >= 15 is 0 Å². The van der Waals surface area contributed by atoms with Crippen molar-refractivity contribution in [1.29, 1.82) is 0 Å². The van der Waals surface area contributed by atoms with Gasteiger partial charge in [-0.2, -0.15) is 0 Å². The van der Waals surface area contributed by atoms with Gasteiger partial charge in [-0.05, 0) is 36.7 Å². The maximum atomic E-state index is 4.32. The second-order valence-electron chi connectivity index (χ2n) is 5.48. The first-order chi connectivity index (χ1) is 8.18. The van der Waals surface area contributed by atoms with Crippen molar-refractivity contribution in [2.45, 2.75) is 33.6 Å². The Morgan fingerprint density at radius 3 is 2.24 bits per heavy atom. The molecule has 94 valence electrons. The molecular formula is C14H23N3. The summed E-state index contributed by atoms with van der Waals surface area (Å²) in [7, 11) is 0. The Kier molecular flexibility index (Phi) is 3.97. The van der Waals surface area contributed by atoms with Gasteiger partial charge in [0.2, 0.25) is 5.95 Å². The Balaban J connectivity index is 1.90. The average molecular weight is 233 g/mol. The van der Waals surface area contributed by atoms with Crippen LogP contribution in [0.1, 0.15) is 33.6 Å². The molecule has 0 amide bonds. The Bertz CT molecular complexity index is 329. The van der Waals surface area contributed by atoms with Gasteiger partial charge in [-0.1, -0.05) is 20.8 Å². The summed E-state index contributed by atoms with van der Waals surface area (Å²) in [5, 5.41) is 0. The summed E-state index contributed by atoms with van der Waals surface area (Å²) in [6.07, 6.45) is 6.20. The summed E-state index contributed by atoms with van der Waals surface area (Å²) in [6.45, 7) is 9.26. The van der Waals surface area contributed by atoms with Gasteiger partial charge in [-0.15, -0.1) is 0 Å². The molecular weight excluding hydrogens is 210 g/mol. The van der Waals surface area contributed by atoms with Crippen LogP contribution in [0.5, 0.6) is 0 Å². The minimum absolute atomic E-state index is 0.791. The number of rotatable bonds is 3. The Labute approximate surface area is 104 Å². The molecule has 0 aliphatic carbocycles. The van der Waals surface area contributed by atoms with Crippen molar-refractivity contribution in [2.24, 2.45) is 17.8 Å². The van der Waals surface area contributed by atoms with Crippen LogP contribution in [0.3, 0.4) is 0 Å². The molecule has 17 heavy (non-hydrogen) atoms. The Hall–Kier alpha value is -1.12. The normalized spacial score (nSPS) is 19.6. The van der Waals surface area contributed by atoms with Gasteiger partial charge >= 0.3 is 0 Å². The van der Waals surface area contributed by atoms with E-state index < -0.39 is 0 Å². The predicted molar refractivity (Wildman–Crippen MR) is 71.0 cm³/mol. The molecule has 1 saturated heterocycles. The van der Waals surface area contributed by atoms with Crippen molar-refractivity contribution in [3.63, 3.8) is 0 Å². The molecule has 0 radical (unpaired) electrons. The monoisotopic (exact) mass is 233 g/mol. The van der Waals surface area contributed by atoms with Crippen LogP contribution >= 0.6 is 0 Å². The largest absolute Gasteiger partial charge is 0.341 e. The zero-order valence-electron chi connectivity index (χ0n) is 11.1. The fourth-order valence-corrected chi connectivity index (χ4v) is 2.62. The van der Waals surface area contributed by atoms with E-state index in [0.717, 1.165) is 36.8 Å². The first-order valence-corrected chi connectivity index (χ1v) is 6.70. The minimum atomic E-state index is 0.791. The lowest BCUT2D eigenvalue weighted by Gasteiger charge is -2.36. The molecule has 1 aromatic rings. The van der Waals surface area contributed by atoms with E-state index in [1.807, 2.05) is 18.5 Å². The Morgan fingerprint density at radius 2 is 1.71 bits per heavy atom. The lowest BCUT2D eigenvalue weighted by Crippen LogP contribution is -2.37. The Morgan fingerprint density at radius 1 is 1.12 bits per heavy atom. The third-order valence-electron chi connectivity index (χ3n) is 4.17. The third-order valence-corrected chi connectivity index (χ3v) is 4.17. The third kappa shape index (κ3) is 2.96. The topological polar surface area (TPSA) is 29.0 Å². The molecule has 1 aliphatic heterocycles. The molecule has 0 N–H and O–H groups in total. The fraction of sp³-hybridized carbons (Fsp3) is 0.714. The van der Waals surface area contributed by atoms with Crippen molar-refractivity contribution < 1.29 is 0 Å². The number of nitrogens with zero attached hydrogens (tertiary/aromatic N) is 3. The van der Waals surface area contributed by atoms with Crippen LogP contribution in [0.25, 0.3) is 0 Å². The molecule has 0 bridgehead atoms. The van der Waals surface area contributed by atoms with Crippen LogP contribution in [0, 0.1) is 17.8 Å². The van der Waals surface area contributed by atoms with Gasteiger partial charge in [-0.3, -0.25) is 0 Å². The van der Waals surface area contributed by atoms with E-state index in [1.54, 1.807) is 0 Å². The fourth-order valence-electron chi connectivity index (χ4n) is 2.62. The van der Waals surface area contributed by atoms with E-state index in [2.05, 4.69) is 35.6 Å². The summed E-state index contributed by atoms with van der Waals surface area (Å²) >= 11 is 0. The van der Waals surface area contributed by atoms with E-state index in [9.17, 15) is 0 Å². The molecule has 3 heteroatoms. The van der Waals surface area contributed by atoms with Gasteiger partial charge in [0.05, 0.1) is 0 Å². The second-order valence-corrected chi connectivity index (χ2v) is 5.48. The average Bonchev–Trinajstić information content (AvgIpc) is 2.39. The van der Waals surface area contributed by atoms with Crippen molar-refractivity contribution in [3.8, 4) is 0 Å². The summed E-state index contributed by atoms with van der Waals surface area (Å²) in [5.74, 6) is 3.38. The van der Waals surface area contributed by atoms with Gasteiger partial charge in [0.15, 0.2) is 0 Å². The maximum Gasteiger partial charge on any atom is 0.225 e. The van der Waals surface area contributed by atoms with Crippen LogP contribution in [0.2, 0.25) is 0 Å². The molecule has 3 nitrogen and oxygen atoms in total. The van der Waals surface area contributed by atoms with E-state index in [0.29, 0.717) is 0 Å². The highest BCUT2D eigenvalue weighted by atomic mass is 15.2. The van der Waals surface area contributed by atoms with Crippen molar-refractivity contribution in [3.05, 3.63) is 18.5 Å². The first-order valence-electron chi connectivity index (χ1n) is 6.70. The van der Waals surface area contributed by atoms with Gasteiger partial charge in [0, 0.05) is 25.5 Å². The molecule has 2 rings (SSSR count). The maximum absolute atomic E-state index is 4.32. The van der Waals surface area contributed by atoms with Crippen LogP contribution < -0.4 is 4.90 Å². The van der Waals surface area contributed by atoms with Gasteiger partial charge in [0.1, 0.15) is 0 Å². The quantitative estimate of drug-likeness (QED) is 0.803. The molecule has 1 aromatic heterocycles. The SMILES string of the molecule is CC(C)C(C)C1CCN(c2ncccn2)CC1. The number of anilines is 1. The molecule has 1 fully saturated rings. The van der Waals surface area contributed by atoms with Crippen molar-refractivity contribution in [2.75, 3.05) is 18.0 Å². The van der Waals surface area contributed by atoms with Crippen molar-refractivity contribution >= 4 is 5.95 Å². The zero-order valence-corrected chi connectivity index (χ0v) is 11.1. The smallest absolute Gasteiger partial charge is 0.225 e. The van der Waals surface area contributed by atoms with E-state index in [-0.39, 0.29) is 0 Å². The molecule has 2 heterocycles. The van der Waals surface area contributed by atoms with E-state index in [1.165, 1.54) is 12.8 Å². The zero-order chi connectivity index (χ0) is 12.3. The van der Waals surface area contributed by atoms with E-state index in [4.69, 9.17) is 0 Å². The number of piperidine rings is 1. The van der Waals surface area contributed by atoms with Crippen LogP contribution in [-0.2, 0) is 0 Å². The van der Waals surface area contributed by atoms with Crippen LogP contribution in [0.4, 0.5) is 5.95 Å². The number of hydrogen-bond donors (Lipinski definition) is 0. The standard InChI is InChI=1S/C14H23N3/c1-11(2)12(3)13-5-9-17(10-6-13)14-15-7-4-8-16-14/h4,7-8,11-13H,5-6,9-10H2,1-3H3. The molecule has 0 spiro atoms. The summed E-state index contributed by atoms with van der Waals surface area (Å²) in [4.78, 5) is 11.0. The van der Waals surface area contributed by atoms with Gasteiger partial charge < -0.3 is 4.90 Å². The number of hydrogen-bond acceptors (Lipinski definition) is 3. The van der Waals surface area contributed by atoms with Crippen LogP contribution in [-0.4, -0.2) is 23.1 Å². The molecule has 1 atom stereocenters. The second kappa shape index (κ2) is 5.48. The number of aromatic nitrogens is 2. The summed E-state index contributed by atoms with van der Waals surface area (Å²) in [5.41, 5.74) is 0. The molecule has 1 unspecified atom stereocenters. The van der Waals surface area contributed by atoms with Crippen LogP contribution in [0.15, 0.2) is 18.5 Å². The van der Waals surface area contributed by atoms with Crippen molar-refractivity contribution in [1.82, 2.24) is 9.97 Å². The lowest BCUT2D eigenvalue weighted by molar-refractivity contribution is 0.233. The summed E-state index contributed by atoms with van der Waals surface area (Å²) in [6, 6.07) is 1.87.